The molecule has 0 spiro atoms. The number of benzene rings is 2. The number of thioether (sulfide) groups is 2. The number of nitrogen functional groups attached to an aromatic ring is 1. The van der Waals surface area contributed by atoms with Crippen molar-refractivity contribution in [2.45, 2.75) is 75.0 Å². The maximum atomic E-state index is 14.2. The number of nitrogens with one attached hydrogen (secondary N) is 1. The zero-order valence-electron chi connectivity index (χ0n) is 35.3. The molecule has 336 valence electrons. The fourth-order valence-corrected chi connectivity index (χ4v) is 10.6. The number of methoxy groups -OCH3 is 1. The number of oxime groups is 1. The van der Waals surface area contributed by atoms with Crippen LogP contribution in [-0.4, -0.2) is 105 Å². The van der Waals surface area contributed by atoms with E-state index < -0.39 is 63.6 Å². The number of rotatable bonds is 13. The highest BCUT2D eigenvalue weighted by Gasteiger charge is 2.58. The molecule has 3 N–H and O–H groups in total. The molecular weight excluding hydrogens is 901 g/mol. The molecular formula is C40H44N6O13S4. The molecule has 2 aliphatic rings. The number of nitrogens with two attached hydrogens (primary N) is 1. The van der Waals surface area contributed by atoms with E-state index in [2.05, 4.69) is 19.8 Å². The van der Waals surface area contributed by atoms with Crippen LogP contribution in [0.3, 0.4) is 0 Å². The molecule has 0 saturated carbocycles. The second kappa shape index (κ2) is 19.0. The van der Waals surface area contributed by atoms with Crippen LogP contribution in [0.1, 0.15) is 52.9 Å². The third-order valence-corrected chi connectivity index (χ3v) is 13.6. The zero-order chi connectivity index (χ0) is 45.9. The molecule has 2 amide bonds. The van der Waals surface area contributed by atoms with Gasteiger partial charge in [0, 0.05) is 51.8 Å². The largest absolute Gasteiger partial charge is 0.514 e. The van der Waals surface area contributed by atoms with E-state index in [4.69, 9.17) is 39.0 Å². The number of hydrogen-bond acceptors (Lipinski definition) is 21. The van der Waals surface area contributed by atoms with Crippen molar-refractivity contribution in [1.29, 1.82) is 0 Å². The highest BCUT2D eigenvalue weighted by Crippen LogP contribution is 2.46. The van der Waals surface area contributed by atoms with E-state index in [1.165, 1.54) is 53.7 Å². The van der Waals surface area contributed by atoms with E-state index >= 15 is 0 Å². The average Bonchev–Trinajstić information content (AvgIpc) is 3.64. The lowest BCUT2D eigenvalue weighted by Gasteiger charge is -2.54. The summed E-state index contributed by atoms with van der Waals surface area (Å²) in [5.74, 6) is -1.44. The summed E-state index contributed by atoms with van der Waals surface area (Å²) in [5.41, 5.74) is 2.57. The SMILES string of the molecule is CON=C(C(=O)NC1C(=O)N2CC(CSc3cc(=O)c4cc(OC(=O)OC(C)(C)C)c(OC(=O)OC(C)(C)C)cc4s3)(C(=O)OCc3ccc(OC)cc3)CS[C@H]12)c1nsc(N)n1. The lowest BCUT2D eigenvalue weighted by molar-refractivity contribution is -0.162. The fourth-order valence-electron chi connectivity index (χ4n) is 6.04. The molecule has 4 aromatic rings. The maximum absolute atomic E-state index is 14.2. The topological polar surface area (TPSA) is 246 Å². The molecule has 3 atom stereocenters. The van der Waals surface area contributed by atoms with Crippen molar-refractivity contribution in [1.82, 2.24) is 19.6 Å². The van der Waals surface area contributed by atoms with E-state index in [1.807, 2.05) is 0 Å². The molecule has 19 nitrogen and oxygen atoms in total. The Hall–Kier alpha value is -5.65. The Bertz CT molecular complexity index is 2500. The number of hydrogen-bond donors (Lipinski definition) is 2. The van der Waals surface area contributed by atoms with Crippen molar-refractivity contribution in [2.75, 3.05) is 38.0 Å². The number of amides is 2. The Kier molecular flexibility index (Phi) is 14.1. The Morgan fingerprint density at radius 2 is 1.62 bits per heavy atom. The number of esters is 1. The summed E-state index contributed by atoms with van der Waals surface area (Å²) in [6.07, 6.45) is -2.17. The smallest absolute Gasteiger partial charge is 0.497 e. The van der Waals surface area contributed by atoms with Gasteiger partial charge in [-0.25, -0.2) is 9.59 Å². The van der Waals surface area contributed by atoms with Gasteiger partial charge < -0.3 is 49.2 Å². The number of carbonyl (C=O) groups excluding carboxylic acids is 5. The van der Waals surface area contributed by atoms with Gasteiger partial charge >= 0.3 is 18.3 Å². The van der Waals surface area contributed by atoms with Crippen LogP contribution in [-0.2, 0) is 40.0 Å². The van der Waals surface area contributed by atoms with Gasteiger partial charge in [-0.05, 0) is 65.3 Å². The number of anilines is 1. The van der Waals surface area contributed by atoms with Crippen LogP contribution in [0.15, 0.2) is 56.6 Å². The minimum atomic E-state index is -1.28. The van der Waals surface area contributed by atoms with Crippen LogP contribution in [0.25, 0.3) is 10.1 Å². The van der Waals surface area contributed by atoms with Gasteiger partial charge in [0.05, 0.1) is 11.3 Å². The molecule has 2 fully saturated rings. The van der Waals surface area contributed by atoms with Gasteiger partial charge in [0.15, 0.2) is 22.1 Å². The van der Waals surface area contributed by atoms with Crippen LogP contribution in [0.4, 0.5) is 14.7 Å². The Morgan fingerprint density at radius 3 is 2.21 bits per heavy atom. The molecule has 23 heteroatoms. The number of aromatic nitrogens is 2. The van der Waals surface area contributed by atoms with Gasteiger partial charge in [-0.3, -0.25) is 19.2 Å². The minimum absolute atomic E-state index is 0.0603. The normalized spacial score (nSPS) is 18.7. The van der Waals surface area contributed by atoms with Crippen molar-refractivity contribution < 1.29 is 57.2 Å². The lowest BCUT2D eigenvalue weighted by Crippen LogP contribution is -2.74. The van der Waals surface area contributed by atoms with Gasteiger partial charge in [0.1, 0.15) is 47.5 Å². The Morgan fingerprint density at radius 1 is 0.968 bits per heavy atom. The lowest BCUT2D eigenvalue weighted by atomic mass is 9.89. The molecule has 0 radical (unpaired) electrons. The van der Waals surface area contributed by atoms with Gasteiger partial charge in [-0.1, -0.05) is 17.3 Å². The summed E-state index contributed by atoms with van der Waals surface area (Å²) in [4.78, 5) is 90.7. The van der Waals surface area contributed by atoms with Crippen molar-refractivity contribution in [3.63, 3.8) is 0 Å². The van der Waals surface area contributed by atoms with E-state index in [-0.39, 0.29) is 58.2 Å². The minimum Gasteiger partial charge on any atom is -0.497 e. The van der Waals surface area contributed by atoms with Crippen molar-refractivity contribution >= 4 is 97.4 Å². The van der Waals surface area contributed by atoms with Gasteiger partial charge in [-0.15, -0.1) is 34.9 Å². The van der Waals surface area contributed by atoms with Crippen molar-refractivity contribution in [3.8, 4) is 17.2 Å². The molecule has 2 aliphatic heterocycles. The molecule has 0 aliphatic carbocycles. The van der Waals surface area contributed by atoms with Crippen molar-refractivity contribution in [3.05, 3.63) is 64.1 Å². The summed E-state index contributed by atoms with van der Waals surface area (Å²) in [7, 11) is 2.79. The zero-order valence-corrected chi connectivity index (χ0v) is 38.6. The Balaban J connectivity index is 1.26. The molecule has 4 heterocycles. The van der Waals surface area contributed by atoms with Crippen LogP contribution >= 0.6 is 46.4 Å². The van der Waals surface area contributed by atoms with Crippen molar-refractivity contribution in [2.24, 2.45) is 10.6 Å². The molecule has 2 unspecified atom stereocenters. The molecule has 0 bridgehead atoms. The highest BCUT2D eigenvalue weighted by molar-refractivity contribution is 8.01. The summed E-state index contributed by atoms with van der Waals surface area (Å²) in [6, 6.07) is 10.1. The number of β-lactam (4-membered cyclic amide) rings is 1. The van der Waals surface area contributed by atoms with Gasteiger partial charge in [0.2, 0.25) is 17.4 Å². The van der Waals surface area contributed by atoms with E-state index in [0.29, 0.717) is 20.2 Å². The predicted octanol–water partition coefficient (Wildman–Crippen LogP) is 5.60. The monoisotopic (exact) mass is 944 g/mol. The van der Waals surface area contributed by atoms with E-state index in [1.54, 1.807) is 72.9 Å². The third kappa shape index (κ3) is 11.5. The quantitative estimate of drug-likeness (QED) is 0.0315. The first kappa shape index (κ1) is 46.8. The molecule has 2 saturated heterocycles. The third-order valence-electron chi connectivity index (χ3n) is 8.87. The highest BCUT2D eigenvalue weighted by atomic mass is 32.2. The van der Waals surface area contributed by atoms with Crippen LogP contribution in [0, 0.1) is 5.41 Å². The predicted molar refractivity (Wildman–Crippen MR) is 236 cm³/mol. The van der Waals surface area contributed by atoms with Gasteiger partial charge in [0.25, 0.3) is 5.91 Å². The number of nitrogens with zero attached hydrogens (tertiary/aromatic N) is 4. The molecule has 6 rings (SSSR count). The van der Waals surface area contributed by atoms with Gasteiger partial charge in [-0.2, -0.15) is 9.36 Å². The second-order valence-electron chi connectivity index (χ2n) is 16.0. The molecule has 2 aromatic heterocycles. The Labute approximate surface area is 377 Å². The standard InChI is InChI=1S/C40H44N6O13S4/c1-38(2,3)58-36(51)56-24-13-22-23(47)14-27(62-26(22)15-25(24)57-37(52)59-39(4,5)6)60-18-40(34(50)55-16-20-9-11-21(53-7)12-10-20)17-46-32(49)29(33(46)61-19-40)42-31(48)28(44-54-8)30-43-35(41)63-45-30/h9-15,29,33H,16-19H2,1-8H3,(H,42,48)(H2,41,43,45)/t29?,33-,40?/m1/s1. The first-order valence-electron chi connectivity index (χ1n) is 19.0. The summed E-state index contributed by atoms with van der Waals surface area (Å²) >= 11 is 4.50. The van der Waals surface area contributed by atoms with E-state index in [0.717, 1.165) is 22.9 Å². The average molecular weight is 945 g/mol. The first-order chi connectivity index (χ1) is 29.7. The van der Waals surface area contributed by atoms with Crippen LogP contribution in [0.5, 0.6) is 17.2 Å². The number of ether oxygens (including phenoxy) is 6. The van der Waals surface area contributed by atoms with Crippen LogP contribution in [0.2, 0.25) is 0 Å². The van der Waals surface area contributed by atoms with E-state index in [9.17, 15) is 28.8 Å². The number of carbonyl (C=O) groups is 5. The number of fused-ring (bicyclic) bond motifs is 2. The summed E-state index contributed by atoms with van der Waals surface area (Å²) in [6.45, 7) is 9.76. The summed E-state index contributed by atoms with van der Waals surface area (Å²) < 4.78 is 37.5. The molecule has 63 heavy (non-hydrogen) atoms. The fraction of sp³-hybridized carbons (Fsp3) is 0.425. The maximum Gasteiger partial charge on any atom is 0.514 e. The summed E-state index contributed by atoms with van der Waals surface area (Å²) in [5, 5.41) is 6.14. The first-order valence-corrected chi connectivity index (χ1v) is 22.6. The second-order valence-corrected chi connectivity index (χ2v) is 20.3. The molecule has 2 aromatic carbocycles. The van der Waals surface area contributed by atoms with Crippen LogP contribution < -0.4 is 30.7 Å².